The summed E-state index contributed by atoms with van der Waals surface area (Å²) >= 11 is 0. The van der Waals surface area contributed by atoms with Gasteiger partial charge in [-0.1, -0.05) is 27.7 Å². The Morgan fingerprint density at radius 2 is 1.77 bits per heavy atom. The van der Waals surface area contributed by atoms with Crippen LogP contribution in [0, 0.1) is 11.8 Å². The van der Waals surface area contributed by atoms with Crippen LogP contribution >= 0.6 is 0 Å². The van der Waals surface area contributed by atoms with Crippen molar-refractivity contribution in [2.24, 2.45) is 11.8 Å². The zero-order chi connectivity index (χ0) is 10.6. The van der Waals surface area contributed by atoms with E-state index in [4.69, 9.17) is 5.53 Å². The molecule has 0 radical (unpaired) electrons. The molecule has 0 saturated carbocycles. The molecule has 4 heteroatoms. The van der Waals surface area contributed by atoms with Gasteiger partial charge in [0.15, 0.2) is 6.10 Å². The molecule has 1 unspecified atom stereocenters. The second-order valence-corrected chi connectivity index (χ2v) is 3.69. The Kier molecular flexibility index (Phi) is 4.52. The number of aliphatic hydroxyl groups is 1. The van der Waals surface area contributed by atoms with Gasteiger partial charge >= 0.3 is 5.71 Å². The Hall–Kier alpha value is -0.990. The maximum absolute atomic E-state index is 11.4. The smallest absolute Gasteiger partial charge is 0.362 e. The highest BCUT2D eigenvalue weighted by Gasteiger charge is 2.32. The number of aliphatic hydroxyl groups excluding tert-OH is 1. The third kappa shape index (κ3) is 3.09. The molecule has 0 aliphatic heterocycles. The molecule has 0 spiro atoms. The first-order valence-corrected chi connectivity index (χ1v) is 4.36. The number of hydrogen-bond acceptors (Lipinski definition) is 2. The van der Waals surface area contributed by atoms with Gasteiger partial charge in [0.25, 0.3) is 0 Å². The van der Waals surface area contributed by atoms with E-state index in [1.54, 1.807) is 27.7 Å². The fourth-order valence-electron chi connectivity index (χ4n) is 0.866. The second kappa shape index (κ2) is 4.90. The molecule has 0 aromatic rings. The van der Waals surface area contributed by atoms with Crippen LogP contribution < -0.4 is 0 Å². The average Bonchev–Trinajstić information content (AvgIpc) is 2.04. The molecule has 0 aromatic carbocycles. The number of carbonyl (C=O) groups excluding carboxylic acids is 1. The first-order valence-electron chi connectivity index (χ1n) is 4.36. The molecule has 1 atom stereocenters. The topological polar surface area (TPSA) is 73.7 Å². The summed E-state index contributed by atoms with van der Waals surface area (Å²) in [5.74, 6) is -0.711. The van der Waals surface area contributed by atoms with Gasteiger partial charge < -0.3 is 10.6 Å². The quantitative estimate of drug-likeness (QED) is 0.400. The summed E-state index contributed by atoms with van der Waals surface area (Å²) < 4.78 is 0. The molecule has 13 heavy (non-hydrogen) atoms. The average molecular weight is 184 g/mol. The zero-order valence-electron chi connectivity index (χ0n) is 8.48. The molecule has 0 saturated heterocycles. The summed E-state index contributed by atoms with van der Waals surface area (Å²) in [7, 11) is 0. The maximum atomic E-state index is 11.4. The van der Waals surface area contributed by atoms with E-state index < -0.39 is 6.10 Å². The minimum absolute atomic E-state index is 0.131. The lowest BCUT2D eigenvalue weighted by molar-refractivity contribution is -0.121. The summed E-state index contributed by atoms with van der Waals surface area (Å²) in [6.07, 6.45) is -0.986. The molecule has 0 aliphatic carbocycles. The molecule has 0 heterocycles. The van der Waals surface area contributed by atoms with Gasteiger partial charge in [-0.2, -0.15) is 4.79 Å². The summed E-state index contributed by atoms with van der Waals surface area (Å²) in [4.78, 5) is 14.2. The van der Waals surface area contributed by atoms with E-state index >= 15 is 0 Å². The van der Waals surface area contributed by atoms with Gasteiger partial charge in [-0.15, -0.1) is 0 Å². The van der Waals surface area contributed by atoms with Gasteiger partial charge in [-0.25, -0.2) is 0 Å². The summed E-state index contributed by atoms with van der Waals surface area (Å²) in [5, 5.41) is 9.49. The lowest BCUT2D eigenvalue weighted by Gasteiger charge is -2.09. The van der Waals surface area contributed by atoms with Gasteiger partial charge in [-0.3, -0.25) is 4.79 Å². The minimum Gasteiger partial charge on any atom is -0.380 e. The molecule has 0 amide bonds. The van der Waals surface area contributed by atoms with Crippen LogP contribution in [0.2, 0.25) is 0 Å². The molecular weight excluding hydrogens is 168 g/mol. The Morgan fingerprint density at radius 1 is 1.31 bits per heavy atom. The highest BCUT2D eigenvalue weighted by molar-refractivity contribution is 6.39. The predicted octanol–water partition coefficient (Wildman–Crippen LogP) is 0.899. The van der Waals surface area contributed by atoms with E-state index in [0.29, 0.717) is 0 Å². The third-order valence-corrected chi connectivity index (χ3v) is 1.80. The van der Waals surface area contributed by atoms with Crippen molar-refractivity contribution in [3.8, 4) is 0 Å². The fourth-order valence-corrected chi connectivity index (χ4v) is 0.866. The maximum Gasteiger partial charge on any atom is 0.362 e. The predicted molar refractivity (Wildman–Crippen MR) is 49.3 cm³/mol. The van der Waals surface area contributed by atoms with Crippen LogP contribution in [-0.2, 0) is 4.79 Å². The highest BCUT2D eigenvalue weighted by Crippen LogP contribution is 2.06. The molecule has 0 fully saturated rings. The third-order valence-electron chi connectivity index (χ3n) is 1.80. The van der Waals surface area contributed by atoms with E-state index in [9.17, 15) is 9.90 Å². The van der Waals surface area contributed by atoms with E-state index in [1.165, 1.54) is 0 Å². The number of rotatable bonds is 4. The van der Waals surface area contributed by atoms with Crippen LogP contribution in [-0.4, -0.2) is 27.5 Å². The fraction of sp³-hybridized carbons (Fsp3) is 0.778. The number of carbonyl (C=O) groups is 1. The monoisotopic (exact) mass is 184 g/mol. The summed E-state index contributed by atoms with van der Waals surface area (Å²) in [6.45, 7) is 6.90. The Morgan fingerprint density at radius 3 is 2.00 bits per heavy atom. The molecule has 1 N–H and O–H groups in total. The molecule has 74 valence electrons. The van der Waals surface area contributed by atoms with Crippen molar-refractivity contribution in [1.29, 1.82) is 0 Å². The van der Waals surface area contributed by atoms with Crippen LogP contribution in [0.1, 0.15) is 27.7 Å². The number of Topliss-reactive ketones (excluding diaryl/α,β-unsaturated/α-hetero) is 1. The van der Waals surface area contributed by atoms with E-state index in [-0.39, 0.29) is 23.3 Å². The molecule has 0 rings (SSSR count). The van der Waals surface area contributed by atoms with E-state index in [1.807, 2.05) is 0 Å². The second-order valence-electron chi connectivity index (χ2n) is 3.69. The first-order chi connectivity index (χ1) is 5.91. The molecule has 0 bridgehead atoms. The lowest BCUT2D eigenvalue weighted by Crippen LogP contribution is -2.35. The Balaban J connectivity index is 4.74. The largest absolute Gasteiger partial charge is 0.380 e. The van der Waals surface area contributed by atoms with Gasteiger partial charge in [0.05, 0.1) is 0 Å². The first kappa shape index (κ1) is 12.0. The molecule has 0 aromatic heterocycles. The van der Waals surface area contributed by atoms with Crippen molar-refractivity contribution < 1.29 is 14.7 Å². The lowest BCUT2D eigenvalue weighted by atomic mass is 9.95. The Bertz CT molecular complexity index is 240. The van der Waals surface area contributed by atoms with Crippen molar-refractivity contribution in [3.05, 3.63) is 5.53 Å². The van der Waals surface area contributed by atoms with Crippen molar-refractivity contribution in [1.82, 2.24) is 0 Å². The summed E-state index contributed by atoms with van der Waals surface area (Å²) in [5.41, 5.74) is 8.42. The van der Waals surface area contributed by atoms with Crippen LogP contribution in [0.5, 0.6) is 0 Å². The molecule has 4 nitrogen and oxygen atoms in total. The zero-order valence-corrected chi connectivity index (χ0v) is 8.48. The van der Waals surface area contributed by atoms with Crippen molar-refractivity contribution in [2.45, 2.75) is 33.8 Å². The van der Waals surface area contributed by atoms with E-state index in [0.717, 1.165) is 0 Å². The van der Waals surface area contributed by atoms with Gasteiger partial charge in [0.2, 0.25) is 5.78 Å². The standard InChI is InChI=1S/C9H16N2O2/c1-5(2)8(12)7(11-10)9(13)6(3)4/h5-6,8,12H,1-4H3. The normalized spacial score (nSPS) is 12.8. The van der Waals surface area contributed by atoms with Crippen LogP contribution in [0.4, 0.5) is 0 Å². The van der Waals surface area contributed by atoms with Crippen LogP contribution in [0.15, 0.2) is 0 Å². The summed E-state index contributed by atoms with van der Waals surface area (Å²) in [6, 6.07) is 0. The Labute approximate surface area is 78.2 Å². The number of hydrogen-bond donors (Lipinski definition) is 1. The van der Waals surface area contributed by atoms with Gasteiger partial charge in [0, 0.05) is 5.92 Å². The van der Waals surface area contributed by atoms with Crippen molar-refractivity contribution >= 4 is 11.5 Å². The highest BCUT2D eigenvalue weighted by atomic mass is 16.3. The van der Waals surface area contributed by atoms with Crippen molar-refractivity contribution in [3.63, 3.8) is 0 Å². The van der Waals surface area contributed by atoms with Crippen molar-refractivity contribution in [2.75, 3.05) is 0 Å². The molecule has 0 aliphatic rings. The number of nitrogens with zero attached hydrogens (tertiary/aromatic N) is 2. The van der Waals surface area contributed by atoms with Crippen LogP contribution in [0.3, 0.4) is 0 Å². The molecular formula is C9H16N2O2. The SMILES string of the molecule is CC(C)C(=O)C(=[N+]=[N-])C(O)C(C)C. The minimum atomic E-state index is -0.986. The van der Waals surface area contributed by atoms with Gasteiger partial charge in [-0.05, 0) is 5.92 Å². The number of ketones is 1. The van der Waals surface area contributed by atoms with Crippen LogP contribution in [0.25, 0.3) is 5.53 Å². The van der Waals surface area contributed by atoms with Gasteiger partial charge in [0.1, 0.15) is 0 Å². The van der Waals surface area contributed by atoms with E-state index in [2.05, 4.69) is 4.79 Å².